The lowest BCUT2D eigenvalue weighted by Crippen LogP contribution is -1.99. The fraction of sp³-hybridized carbons (Fsp3) is 0.235. The second-order valence-electron chi connectivity index (χ2n) is 4.66. The molecule has 2 rings (SSSR count). The summed E-state index contributed by atoms with van der Waals surface area (Å²) in [5, 5.41) is 19.0. The van der Waals surface area contributed by atoms with Gasteiger partial charge in [0.2, 0.25) is 0 Å². The normalized spacial score (nSPS) is 11.7. The number of rotatable bonds is 4. The minimum absolute atomic E-state index is 0.550. The molecular weight excluding hydrogens is 250 g/mol. The average Bonchev–Trinajstić information content (AvgIpc) is 2.49. The van der Waals surface area contributed by atoms with Crippen molar-refractivity contribution in [3.63, 3.8) is 0 Å². The Morgan fingerprint density at radius 1 is 1.20 bits per heavy atom. The molecule has 0 spiro atoms. The number of aliphatic hydroxyl groups excluding tert-OH is 1. The van der Waals surface area contributed by atoms with Crippen molar-refractivity contribution >= 4 is 0 Å². The second kappa shape index (κ2) is 6.23. The Labute approximate surface area is 119 Å². The fourth-order valence-electron chi connectivity index (χ4n) is 1.97. The average molecular weight is 267 g/mol. The second-order valence-corrected chi connectivity index (χ2v) is 4.66. The van der Waals surface area contributed by atoms with Crippen molar-refractivity contribution < 1.29 is 9.84 Å². The van der Waals surface area contributed by atoms with Crippen LogP contribution in [0.4, 0.5) is 0 Å². The van der Waals surface area contributed by atoms with Gasteiger partial charge in [0.1, 0.15) is 11.5 Å². The number of nitrogens with zero attached hydrogens (tertiary/aromatic N) is 1. The molecule has 1 atom stereocenters. The van der Waals surface area contributed by atoms with Gasteiger partial charge in [0.05, 0.1) is 17.7 Å². The van der Waals surface area contributed by atoms with E-state index in [0.717, 1.165) is 11.1 Å². The summed E-state index contributed by atoms with van der Waals surface area (Å²) in [6.45, 7) is 3.85. The Kier molecular flexibility index (Phi) is 4.39. The van der Waals surface area contributed by atoms with E-state index in [4.69, 9.17) is 10.00 Å². The minimum atomic E-state index is -0.550. The van der Waals surface area contributed by atoms with E-state index >= 15 is 0 Å². The van der Waals surface area contributed by atoms with E-state index in [2.05, 4.69) is 6.07 Å². The van der Waals surface area contributed by atoms with Crippen molar-refractivity contribution in [3.8, 4) is 17.6 Å². The van der Waals surface area contributed by atoms with Gasteiger partial charge >= 0.3 is 0 Å². The summed E-state index contributed by atoms with van der Waals surface area (Å²) in [6.07, 6.45) is 0.0723. The number of benzene rings is 2. The van der Waals surface area contributed by atoms with Gasteiger partial charge in [-0.05, 0) is 37.1 Å². The zero-order valence-corrected chi connectivity index (χ0v) is 11.6. The first-order chi connectivity index (χ1) is 9.65. The van der Waals surface area contributed by atoms with Crippen LogP contribution >= 0.6 is 0 Å². The molecule has 3 nitrogen and oxygen atoms in total. The fourth-order valence-corrected chi connectivity index (χ4v) is 1.97. The summed E-state index contributed by atoms with van der Waals surface area (Å²) in [6, 6.07) is 14.8. The summed E-state index contributed by atoms with van der Waals surface area (Å²) in [4.78, 5) is 0. The Morgan fingerprint density at radius 3 is 2.65 bits per heavy atom. The van der Waals surface area contributed by atoms with Gasteiger partial charge in [0.15, 0.2) is 0 Å². The summed E-state index contributed by atoms with van der Waals surface area (Å²) >= 11 is 0. The summed E-state index contributed by atoms with van der Waals surface area (Å²) in [5.74, 6) is 1.26. The first-order valence-corrected chi connectivity index (χ1v) is 6.61. The zero-order valence-electron chi connectivity index (χ0n) is 11.6. The highest BCUT2D eigenvalue weighted by atomic mass is 16.5. The lowest BCUT2D eigenvalue weighted by Gasteiger charge is -2.16. The number of aryl methyl sites for hydroxylation is 1. The number of ether oxygens (including phenoxy) is 1. The van der Waals surface area contributed by atoms with E-state index in [-0.39, 0.29) is 0 Å². The van der Waals surface area contributed by atoms with Crippen molar-refractivity contribution in [2.75, 3.05) is 0 Å². The van der Waals surface area contributed by atoms with Crippen LogP contribution < -0.4 is 4.74 Å². The van der Waals surface area contributed by atoms with Gasteiger partial charge in [-0.3, -0.25) is 0 Å². The molecule has 3 heteroatoms. The zero-order chi connectivity index (χ0) is 14.5. The van der Waals surface area contributed by atoms with Gasteiger partial charge in [-0.15, -0.1) is 0 Å². The van der Waals surface area contributed by atoms with Gasteiger partial charge < -0.3 is 9.84 Å². The van der Waals surface area contributed by atoms with Crippen LogP contribution in [0, 0.1) is 18.3 Å². The number of para-hydroxylation sites is 1. The maximum absolute atomic E-state index is 10.0. The van der Waals surface area contributed by atoms with E-state index in [1.807, 2.05) is 44.2 Å². The molecule has 1 N–H and O–H groups in total. The molecule has 0 saturated heterocycles. The van der Waals surface area contributed by atoms with Crippen LogP contribution in [0.3, 0.4) is 0 Å². The summed E-state index contributed by atoms with van der Waals surface area (Å²) < 4.78 is 5.89. The van der Waals surface area contributed by atoms with Crippen LogP contribution in [0.5, 0.6) is 11.5 Å². The van der Waals surface area contributed by atoms with E-state index in [1.54, 1.807) is 12.1 Å². The first-order valence-electron chi connectivity index (χ1n) is 6.61. The molecule has 20 heavy (non-hydrogen) atoms. The molecule has 0 aliphatic carbocycles. The Morgan fingerprint density at radius 2 is 1.95 bits per heavy atom. The molecular formula is C17H17NO2. The number of hydrogen-bond acceptors (Lipinski definition) is 3. The quantitative estimate of drug-likeness (QED) is 0.907. The molecule has 0 amide bonds. The van der Waals surface area contributed by atoms with Crippen molar-refractivity contribution in [1.29, 1.82) is 5.26 Å². The van der Waals surface area contributed by atoms with E-state index in [9.17, 15) is 5.11 Å². The van der Waals surface area contributed by atoms with E-state index in [0.29, 0.717) is 23.5 Å². The topological polar surface area (TPSA) is 53.2 Å². The Bertz CT molecular complexity index is 644. The third-order valence-electron chi connectivity index (χ3n) is 3.20. The lowest BCUT2D eigenvalue weighted by atomic mass is 10.1. The highest BCUT2D eigenvalue weighted by Crippen LogP contribution is 2.32. The predicted molar refractivity (Wildman–Crippen MR) is 77.7 cm³/mol. The third-order valence-corrected chi connectivity index (χ3v) is 3.20. The molecule has 0 fully saturated rings. The third kappa shape index (κ3) is 2.98. The lowest BCUT2D eigenvalue weighted by molar-refractivity contribution is 0.170. The molecule has 0 saturated carbocycles. The molecule has 102 valence electrons. The number of nitriles is 1. The van der Waals surface area contributed by atoms with Gasteiger partial charge in [-0.25, -0.2) is 0 Å². The van der Waals surface area contributed by atoms with Crippen molar-refractivity contribution in [2.45, 2.75) is 26.4 Å². The molecule has 0 unspecified atom stereocenters. The van der Waals surface area contributed by atoms with Crippen LogP contribution in [-0.2, 0) is 0 Å². The van der Waals surface area contributed by atoms with Gasteiger partial charge in [-0.2, -0.15) is 5.26 Å². The molecule has 0 radical (unpaired) electrons. The molecule has 2 aromatic rings. The monoisotopic (exact) mass is 267 g/mol. The SMILES string of the molecule is CC[C@@H](O)c1ccccc1Oc1cc(C#N)ccc1C. The van der Waals surface area contributed by atoms with Crippen molar-refractivity contribution in [1.82, 2.24) is 0 Å². The highest BCUT2D eigenvalue weighted by Gasteiger charge is 2.12. The van der Waals surface area contributed by atoms with Crippen LogP contribution in [-0.4, -0.2) is 5.11 Å². The first kappa shape index (κ1) is 14.1. The Hall–Kier alpha value is -2.31. The van der Waals surface area contributed by atoms with Crippen molar-refractivity contribution in [3.05, 3.63) is 59.2 Å². The molecule has 0 heterocycles. The summed E-state index contributed by atoms with van der Waals surface area (Å²) in [5.41, 5.74) is 2.26. The van der Waals surface area contributed by atoms with Crippen LogP contribution in [0.2, 0.25) is 0 Å². The summed E-state index contributed by atoms with van der Waals surface area (Å²) in [7, 11) is 0. The molecule has 0 aliphatic heterocycles. The highest BCUT2D eigenvalue weighted by molar-refractivity contribution is 5.46. The smallest absolute Gasteiger partial charge is 0.133 e. The van der Waals surface area contributed by atoms with Crippen LogP contribution in [0.25, 0.3) is 0 Å². The van der Waals surface area contributed by atoms with Gasteiger partial charge in [0, 0.05) is 5.56 Å². The van der Waals surface area contributed by atoms with E-state index in [1.165, 1.54) is 0 Å². The molecule has 0 aromatic heterocycles. The van der Waals surface area contributed by atoms with E-state index < -0.39 is 6.10 Å². The Balaban J connectivity index is 2.38. The maximum Gasteiger partial charge on any atom is 0.133 e. The van der Waals surface area contributed by atoms with Crippen LogP contribution in [0.1, 0.15) is 36.1 Å². The minimum Gasteiger partial charge on any atom is -0.457 e. The van der Waals surface area contributed by atoms with Crippen molar-refractivity contribution in [2.24, 2.45) is 0 Å². The molecule has 0 aliphatic rings. The van der Waals surface area contributed by atoms with Gasteiger partial charge in [-0.1, -0.05) is 31.2 Å². The number of hydrogen-bond donors (Lipinski definition) is 1. The standard InChI is InChI=1S/C17H17NO2/c1-3-15(19)14-6-4-5-7-16(14)20-17-10-13(11-18)9-8-12(17)2/h4-10,15,19H,3H2,1-2H3/t15-/m1/s1. The maximum atomic E-state index is 10.0. The predicted octanol–water partition coefficient (Wildman–Crippen LogP) is 4.10. The van der Waals surface area contributed by atoms with Gasteiger partial charge in [0.25, 0.3) is 0 Å². The van der Waals surface area contributed by atoms with Crippen LogP contribution in [0.15, 0.2) is 42.5 Å². The largest absolute Gasteiger partial charge is 0.457 e. The molecule has 0 bridgehead atoms. The number of aliphatic hydroxyl groups is 1. The molecule has 2 aromatic carbocycles.